The van der Waals surface area contributed by atoms with Crippen molar-refractivity contribution in [1.82, 2.24) is 0 Å². The fraction of sp³-hybridized carbons (Fsp3) is 0.400. The van der Waals surface area contributed by atoms with Gasteiger partial charge in [0.05, 0.1) is 11.4 Å². The van der Waals surface area contributed by atoms with E-state index in [2.05, 4.69) is 25.2 Å². The third-order valence-electron chi connectivity index (χ3n) is 1.60. The number of rotatable bonds is 3. The maximum atomic E-state index is 5.71. The fourth-order valence-corrected chi connectivity index (χ4v) is 0.918. The van der Waals surface area contributed by atoms with Crippen LogP contribution in [-0.4, -0.2) is 6.54 Å². The van der Waals surface area contributed by atoms with E-state index >= 15 is 0 Å². The molecule has 0 unspecified atom stereocenters. The zero-order valence-corrected chi connectivity index (χ0v) is 7.59. The molecule has 3 N–H and O–H groups in total. The number of anilines is 2. The molecule has 0 bridgehead atoms. The third kappa shape index (κ3) is 2.46. The van der Waals surface area contributed by atoms with Crippen LogP contribution in [0.4, 0.5) is 11.4 Å². The average Bonchev–Trinajstić information content (AvgIpc) is 2.03. The van der Waals surface area contributed by atoms with E-state index in [0.29, 0.717) is 5.92 Å². The number of nitrogens with two attached hydrogens (primary N) is 1. The van der Waals surface area contributed by atoms with Crippen LogP contribution in [0.3, 0.4) is 0 Å². The molecule has 0 aliphatic rings. The van der Waals surface area contributed by atoms with Gasteiger partial charge in [0.25, 0.3) is 0 Å². The van der Waals surface area contributed by atoms with Crippen molar-refractivity contribution in [2.24, 2.45) is 5.92 Å². The van der Waals surface area contributed by atoms with Gasteiger partial charge in [0.1, 0.15) is 0 Å². The van der Waals surface area contributed by atoms with Gasteiger partial charge in [-0.1, -0.05) is 19.9 Å². The maximum Gasteiger partial charge on any atom is 0.0574 e. The Balaban J connectivity index is 2.57. The minimum atomic E-state index is 0.633. The second kappa shape index (κ2) is 4.00. The lowest BCUT2D eigenvalue weighted by atomic mass is 10.2. The van der Waals surface area contributed by atoms with Crippen molar-refractivity contribution >= 4 is 11.4 Å². The minimum absolute atomic E-state index is 0.633. The molecular weight excluding hydrogens is 148 g/mol. The zero-order valence-electron chi connectivity index (χ0n) is 7.59. The summed E-state index contributed by atoms with van der Waals surface area (Å²) in [5.74, 6) is 0.633. The topological polar surface area (TPSA) is 38.0 Å². The largest absolute Gasteiger partial charge is 0.397 e. The molecule has 0 saturated heterocycles. The van der Waals surface area contributed by atoms with E-state index < -0.39 is 0 Å². The van der Waals surface area contributed by atoms with E-state index in [1.165, 1.54) is 0 Å². The molecule has 0 atom stereocenters. The standard InChI is InChI=1S/C10H15N2/c1-8(2)7-12-10-6-4-3-5-9(10)11/h4-6,8,12H,7,11H2,1-2H3. The van der Waals surface area contributed by atoms with E-state index in [1.54, 1.807) is 6.07 Å². The molecular formula is C10H15N2. The van der Waals surface area contributed by atoms with Crippen molar-refractivity contribution in [3.8, 4) is 0 Å². The Morgan fingerprint density at radius 3 is 2.92 bits per heavy atom. The minimum Gasteiger partial charge on any atom is -0.397 e. The molecule has 0 fully saturated rings. The van der Waals surface area contributed by atoms with Gasteiger partial charge >= 0.3 is 0 Å². The first kappa shape index (κ1) is 8.91. The molecule has 0 saturated carbocycles. The average molecular weight is 163 g/mol. The molecule has 2 heteroatoms. The highest BCUT2D eigenvalue weighted by Gasteiger charge is 1.97. The monoisotopic (exact) mass is 163 g/mol. The summed E-state index contributed by atoms with van der Waals surface area (Å²) in [4.78, 5) is 0. The van der Waals surface area contributed by atoms with Gasteiger partial charge in [-0.05, 0) is 24.1 Å². The van der Waals surface area contributed by atoms with Crippen molar-refractivity contribution in [2.45, 2.75) is 13.8 Å². The quantitative estimate of drug-likeness (QED) is 0.670. The summed E-state index contributed by atoms with van der Waals surface area (Å²) in [5.41, 5.74) is 7.48. The van der Waals surface area contributed by atoms with Crippen LogP contribution in [-0.2, 0) is 0 Å². The summed E-state index contributed by atoms with van der Waals surface area (Å²) >= 11 is 0. The molecule has 1 rings (SSSR count). The lowest BCUT2D eigenvalue weighted by Gasteiger charge is -2.10. The van der Waals surface area contributed by atoms with Gasteiger partial charge in [-0.15, -0.1) is 0 Å². The first-order valence-corrected chi connectivity index (χ1v) is 4.19. The molecule has 1 aromatic carbocycles. The summed E-state index contributed by atoms with van der Waals surface area (Å²) < 4.78 is 0. The van der Waals surface area contributed by atoms with Crippen LogP contribution in [0, 0.1) is 12.0 Å². The summed E-state index contributed by atoms with van der Waals surface area (Å²) in [6.45, 7) is 5.28. The molecule has 0 amide bonds. The molecule has 1 radical (unpaired) electrons. The molecule has 0 heterocycles. The lowest BCUT2D eigenvalue weighted by Crippen LogP contribution is -2.09. The van der Waals surface area contributed by atoms with Crippen LogP contribution in [0.2, 0.25) is 0 Å². The van der Waals surface area contributed by atoms with Crippen molar-refractivity contribution in [3.05, 3.63) is 24.3 Å². The highest BCUT2D eigenvalue weighted by Crippen LogP contribution is 2.16. The van der Waals surface area contributed by atoms with E-state index in [-0.39, 0.29) is 0 Å². The van der Waals surface area contributed by atoms with E-state index in [9.17, 15) is 0 Å². The molecule has 1 aromatic rings. The fourth-order valence-electron chi connectivity index (χ4n) is 0.918. The summed E-state index contributed by atoms with van der Waals surface area (Å²) in [6.07, 6.45) is 0. The van der Waals surface area contributed by atoms with Gasteiger partial charge in [-0.3, -0.25) is 0 Å². The Kier molecular flexibility index (Phi) is 2.97. The Hall–Kier alpha value is -1.18. The number of nitrogen functional groups attached to an aromatic ring is 1. The molecule has 65 valence electrons. The normalized spacial score (nSPS) is 10.2. The number of nitrogens with one attached hydrogen (secondary N) is 1. The van der Waals surface area contributed by atoms with Gasteiger partial charge in [-0.25, -0.2) is 0 Å². The van der Waals surface area contributed by atoms with Gasteiger partial charge in [0.2, 0.25) is 0 Å². The summed E-state index contributed by atoms with van der Waals surface area (Å²) in [6, 6.07) is 8.51. The van der Waals surface area contributed by atoms with E-state index in [1.807, 2.05) is 12.1 Å². The van der Waals surface area contributed by atoms with Crippen LogP contribution in [0.15, 0.2) is 18.2 Å². The van der Waals surface area contributed by atoms with Gasteiger partial charge in [0.15, 0.2) is 0 Å². The summed E-state index contributed by atoms with van der Waals surface area (Å²) in [7, 11) is 0. The third-order valence-corrected chi connectivity index (χ3v) is 1.60. The predicted molar refractivity (Wildman–Crippen MR) is 53.0 cm³/mol. The Bertz CT molecular complexity index is 243. The van der Waals surface area contributed by atoms with Crippen LogP contribution in [0.1, 0.15) is 13.8 Å². The smallest absolute Gasteiger partial charge is 0.0574 e. The van der Waals surface area contributed by atoms with E-state index in [0.717, 1.165) is 17.9 Å². The molecule has 0 aliphatic carbocycles. The van der Waals surface area contributed by atoms with Crippen LogP contribution in [0.25, 0.3) is 0 Å². The van der Waals surface area contributed by atoms with Gasteiger partial charge in [0, 0.05) is 6.54 Å². The Morgan fingerprint density at radius 2 is 2.33 bits per heavy atom. The second-order valence-corrected chi connectivity index (χ2v) is 3.29. The SMILES string of the molecule is CC(C)CNc1cc[c]cc1N. The van der Waals surface area contributed by atoms with E-state index in [4.69, 9.17) is 5.73 Å². The first-order chi connectivity index (χ1) is 5.70. The van der Waals surface area contributed by atoms with Crippen molar-refractivity contribution in [3.63, 3.8) is 0 Å². The zero-order chi connectivity index (χ0) is 8.97. The van der Waals surface area contributed by atoms with Gasteiger partial charge in [-0.2, -0.15) is 0 Å². The molecule has 12 heavy (non-hydrogen) atoms. The number of benzene rings is 1. The summed E-state index contributed by atoms with van der Waals surface area (Å²) in [5, 5.41) is 3.27. The highest BCUT2D eigenvalue weighted by atomic mass is 14.9. The molecule has 0 aromatic heterocycles. The predicted octanol–water partition coefficient (Wildman–Crippen LogP) is 2.14. The van der Waals surface area contributed by atoms with Crippen molar-refractivity contribution in [2.75, 3.05) is 17.6 Å². The Morgan fingerprint density at radius 1 is 1.58 bits per heavy atom. The Labute approximate surface area is 73.8 Å². The first-order valence-electron chi connectivity index (χ1n) is 4.19. The molecule has 0 aliphatic heterocycles. The van der Waals surface area contributed by atoms with Crippen molar-refractivity contribution in [1.29, 1.82) is 0 Å². The van der Waals surface area contributed by atoms with Gasteiger partial charge < -0.3 is 11.1 Å². The highest BCUT2D eigenvalue weighted by molar-refractivity contribution is 5.65. The van der Waals surface area contributed by atoms with Crippen LogP contribution >= 0.6 is 0 Å². The lowest BCUT2D eigenvalue weighted by molar-refractivity contribution is 0.689. The molecule has 2 nitrogen and oxygen atoms in total. The van der Waals surface area contributed by atoms with Crippen LogP contribution in [0.5, 0.6) is 0 Å². The maximum absolute atomic E-state index is 5.71. The molecule has 0 spiro atoms. The van der Waals surface area contributed by atoms with Crippen molar-refractivity contribution < 1.29 is 0 Å². The number of hydrogen-bond acceptors (Lipinski definition) is 2. The number of hydrogen-bond donors (Lipinski definition) is 2. The second-order valence-electron chi connectivity index (χ2n) is 3.29. The van der Waals surface area contributed by atoms with Crippen LogP contribution < -0.4 is 11.1 Å².